The van der Waals surface area contributed by atoms with E-state index in [-0.39, 0.29) is 0 Å². The molecule has 0 aromatic heterocycles. The summed E-state index contributed by atoms with van der Waals surface area (Å²) in [5.74, 6) is 0. The Hall–Kier alpha value is -0.290. The van der Waals surface area contributed by atoms with Crippen LogP contribution in [0.5, 0.6) is 0 Å². The quantitative estimate of drug-likeness (QED) is 0.614. The number of rotatable bonds is 3. The molecular weight excluding hydrogens is 149 g/mol. The van der Waals surface area contributed by atoms with Gasteiger partial charge in [-0.2, -0.15) is 13.2 Å². The summed E-state index contributed by atoms with van der Waals surface area (Å²) in [5, 5.41) is 0. The topological polar surface area (TPSA) is 18.5 Å². The molecule has 0 saturated heterocycles. The standard InChI is InChI=1S/C5H9F3O2/c1-9-3-4(10-2)5(6,7)8/h4H,3H2,1-2H3. The molecule has 0 fully saturated rings. The van der Waals surface area contributed by atoms with Crippen molar-refractivity contribution in [1.82, 2.24) is 0 Å². The molecule has 62 valence electrons. The molecule has 0 rings (SSSR count). The van der Waals surface area contributed by atoms with Crippen molar-refractivity contribution >= 4 is 0 Å². The highest BCUT2D eigenvalue weighted by atomic mass is 19.4. The highest BCUT2D eigenvalue weighted by molar-refractivity contribution is 4.65. The molecule has 0 spiro atoms. The van der Waals surface area contributed by atoms with Gasteiger partial charge in [-0.3, -0.25) is 0 Å². The summed E-state index contributed by atoms with van der Waals surface area (Å²) in [6.45, 7) is -0.458. The lowest BCUT2D eigenvalue weighted by Gasteiger charge is -2.16. The monoisotopic (exact) mass is 158 g/mol. The Morgan fingerprint density at radius 3 is 1.90 bits per heavy atom. The van der Waals surface area contributed by atoms with E-state index in [1.165, 1.54) is 7.11 Å². The second kappa shape index (κ2) is 3.78. The van der Waals surface area contributed by atoms with Crippen LogP contribution in [-0.2, 0) is 9.47 Å². The maximum atomic E-state index is 11.7. The Balaban J connectivity index is 3.81. The lowest BCUT2D eigenvalue weighted by atomic mass is 10.4. The number of hydrogen-bond acceptors (Lipinski definition) is 2. The number of hydrogen-bond donors (Lipinski definition) is 0. The van der Waals surface area contributed by atoms with Gasteiger partial charge in [-0.15, -0.1) is 0 Å². The Labute approximate surface area is 56.9 Å². The van der Waals surface area contributed by atoms with Crippen LogP contribution in [0.4, 0.5) is 13.2 Å². The molecule has 0 aromatic carbocycles. The summed E-state index contributed by atoms with van der Waals surface area (Å²) >= 11 is 0. The summed E-state index contributed by atoms with van der Waals surface area (Å²) in [5.41, 5.74) is 0. The largest absolute Gasteiger partial charge is 0.416 e. The lowest BCUT2D eigenvalue weighted by molar-refractivity contribution is -0.224. The summed E-state index contributed by atoms with van der Waals surface area (Å²) in [6, 6.07) is 0. The molecule has 0 N–H and O–H groups in total. The first kappa shape index (κ1) is 9.71. The van der Waals surface area contributed by atoms with Crippen molar-refractivity contribution in [3.63, 3.8) is 0 Å². The van der Waals surface area contributed by atoms with E-state index < -0.39 is 18.9 Å². The molecule has 0 amide bonds. The van der Waals surface area contributed by atoms with Crippen LogP contribution in [0.1, 0.15) is 0 Å². The minimum absolute atomic E-state index is 0.458. The smallest absolute Gasteiger partial charge is 0.382 e. The summed E-state index contributed by atoms with van der Waals surface area (Å²) < 4.78 is 43.5. The predicted molar refractivity (Wildman–Crippen MR) is 28.7 cm³/mol. The average molecular weight is 158 g/mol. The molecule has 0 bridgehead atoms. The van der Waals surface area contributed by atoms with Crippen LogP contribution in [0.15, 0.2) is 0 Å². The normalized spacial score (nSPS) is 15.3. The van der Waals surface area contributed by atoms with E-state index in [1.54, 1.807) is 0 Å². The number of ether oxygens (including phenoxy) is 2. The molecule has 0 aromatic rings. The van der Waals surface area contributed by atoms with Gasteiger partial charge in [-0.05, 0) is 0 Å². The van der Waals surface area contributed by atoms with E-state index in [2.05, 4.69) is 9.47 Å². The van der Waals surface area contributed by atoms with E-state index in [4.69, 9.17) is 0 Å². The van der Waals surface area contributed by atoms with Crippen molar-refractivity contribution in [1.29, 1.82) is 0 Å². The van der Waals surface area contributed by atoms with Crippen molar-refractivity contribution < 1.29 is 22.6 Å². The fourth-order valence-corrected chi connectivity index (χ4v) is 0.448. The van der Waals surface area contributed by atoms with Crippen molar-refractivity contribution in [2.75, 3.05) is 20.8 Å². The molecule has 0 saturated carbocycles. The van der Waals surface area contributed by atoms with Gasteiger partial charge >= 0.3 is 6.18 Å². The molecule has 0 aliphatic heterocycles. The Morgan fingerprint density at radius 2 is 1.80 bits per heavy atom. The van der Waals surface area contributed by atoms with Crippen LogP contribution in [0.2, 0.25) is 0 Å². The van der Waals surface area contributed by atoms with Gasteiger partial charge in [0, 0.05) is 14.2 Å². The first-order valence-corrected chi connectivity index (χ1v) is 2.60. The first-order chi connectivity index (χ1) is 4.52. The molecule has 2 nitrogen and oxygen atoms in total. The zero-order valence-electron chi connectivity index (χ0n) is 5.73. The lowest BCUT2D eigenvalue weighted by Crippen LogP contribution is -2.34. The van der Waals surface area contributed by atoms with Gasteiger partial charge < -0.3 is 9.47 Å². The average Bonchev–Trinajstić information content (AvgIpc) is 1.80. The van der Waals surface area contributed by atoms with Crippen LogP contribution >= 0.6 is 0 Å². The minimum Gasteiger partial charge on any atom is -0.382 e. The van der Waals surface area contributed by atoms with E-state index in [0.717, 1.165) is 7.11 Å². The molecule has 10 heavy (non-hydrogen) atoms. The van der Waals surface area contributed by atoms with Gasteiger partial charge in [-0.1, -0.05) is 0 Å². The van der Waals surface area contributed by atoms with E-state index >= 15 is 0 Å². The molecule has 0 aliphatic carbocycles. The summed E-state index contributed by atoms with van der Waals surface area (Å²) in [6.07, 6.45) is -6.14. The van der Waals surface area contributed by atoms with Crippen LogP contribution in [0.25, 0.3) is 0 Å². The van der Waals surface area contributed by atoms with Crippen LogP contribution < -0.4 is 0 Å². The molecule has 0 aliphatic rings. The Morgan fingerprint density at radius 1 is 1.30 bits per heavy atom. The third kappa shape index (κ3) is 3.03. The van der Waals surface area contributed by atoms with E-state index in [1.807, 2.05) is 0 Å². The van der Waals surface area contributed by atoms with Crippen LogP contribution in [0.3, 0.4) is 0 Å². The molecule has 0 radical (unpaired) electrons. The molecule has 0 heterocycles. The first-order valence-electron chi connectivity index (χ1n) is 2.60. The molecular formula is C5H9F3O2. The van der Waals surface area contributed by atoms with E-state index in [9.17, 15) is 13.2 Å². The third-order valence-electron chi connectivity index (χ3n) is 0.968. The zero-order chi connectivity index (χ0) is 8.20. The van der Waals surface area contributed by atoms with Gasteiger partial charge in [-0.25, -0.2) is 0 Å². The van der Waals surface area contributed by atoms with Gasteiger partial charge in [0.25, 0.3) is 0 Å². The second-order valence-corrected chi connectivity index (χ2v) is 1.72. The van der Waals surface area contributed by atoms with Crippen LogP contribution in [-0.4, -0.2) is 33.1 Å². The Kier molecular flexibility index (Phi) is 3.67. The zero-order valence-corrected chi connectivity index (χ0v) is 5.73. The Bertz CT molecular complexity index is 91.4. The number of halogens is 3. The summed E-state index contributed by atoms with van der Waals surface area (Å²) in [7, 11) is 2.19. The maximum Gasteiger partial charge on any atom is 0.416 e. The van der Waals surface area contributed by atoms with Gasteiger partial charge in [0.15, 0.2) is 6.10 Å². The highest BCUT2D eigenvalue weighted by Crippen LogP contribution is 2.22. The van der Waals surface area contributed by atoms with Crippen molar-refractivity contribution in [3.05, 3.63) is 0 Å². The molecule has 1 unspecified atom stereocenters. The van der Waals surface area contributed by atoms with Gasteiger partial charge in [0.05, 0.1) is 6.61 Å². The van der Waals surface area contributed by atoms with Crippen LogP contribution in [0, 0.1) is 0 Å². The van der Waals surface area contributed by atoms with Gasteiger partial charge in [0.2, 0.25) is 0 Å². The fourth-order valence-electron chi connectivity index (χ4n) is 0.448. The van der Waals surface area contributed by atoms with Gasteiger partial charge in [0.1, 0.15) is 0 Å². The SMILES string of the molecule is COCC(OC)C(F)(F)F. The van der Waals surface area contributed by atoms with Crippen molar-refractivity contribution in [2.24, 2.45) is 0 Å². The predicted octanol–water partition coefficient (Wildman–Crippen LogP) is 1.21. The maximum absolute atomic E-state index is 11.7. The summed E-state index contributed by atoms with van der Waals surface area (Å²) in [4.78, 5) is 0. The molecule has 5 heteroatoms. The highest BCUT2D eigenvalue weighted by Gasteiger charge is 2.39. The minimum atomic E-state index is -4.33. The second-order valence-electron chi connectivity index (χ2n) is 1.72. The van der Waals surface area contributed by atoms with E-state index in [0.29, 0.717) is 0 Å². The van der Waals surface area contributed by atoms with Crippen molar-refractivity contribution in [3.8, 4) is 0 Å². The van der Waals surface area contributed by atoms with Crippen molar-refractivity contribution in [2.45, 2.75) is 12.3 Å². The molecule has 1 atom stereocenters. The number of methoxy groups -OCH3 is 2. The fraction of sp³-hybridized carbons (Fsp3) is 1.00. The number of alkyl halides is 3. The third-order valence-corrected chi connectivity index (χ3v) is 0.968.